The van der Waals surface area contributed by atoms with E-state index in [0.717, 1.165) is 30.8 Å². The van der Waals surface area contributed by atoms with Crippen LogP contribution in [0.2, 0.25) is 0 Å². The molecule has 0 radical (unpaired) electrons. The quantitative estimate of drug-likeness (QED) is 0.245. The highest BCUT2D eigenvalue weighted by molar-refractivity contribution is 5.78. The minimum atomic E-state index is -0.658. The van der Waals surface area contributed by atoms with Crippen molar-refractivity contribution in [1.82, 2.24) is 14.9 Å². The van der Waals surface area contributed by atoms with Gasteiger partial charge < -0.3 is 24.8 Å². The van der Waals surface area contributed by atoms with E-state index >= 15 is 0 Å². The molecule has 0 unspecified atom stereocenters. The Hall–Kier alpha value is -3.51. The van der Waals surface area contributed by atoms with E-state index in [0.29, 0.717) is 0 Å². The molecular formula is C24H34N6O6. The van der Waals surface area contributed by atoms with Crippen LogP contribution in [0, 0.1) is 10.1 Å². The molecule has 1 aromatic heterocycles. The van der Waals surface area contributed by atoms with E-state index in [1.165, 1.54) is 24.9 Å². The summed E-state index contributed by atoms with van der Waals surface area (Å²) in [7, 11) is 1.52. The minimum absolute atomic E-state index is 0.120. The molecule has 1 saturated heterocycles. The summed E-state index contributed by atoms with van der Waals surface area (Å²) in [4.78, 5) is 35.8. The smallest absolute Gasteiger partial charge is 0.353 e. The minimum Gasteiger partial charge on any atom is -0.465 e. The molecule has 2 aromatic rings. The molecule has 1 atom stereocenters. The molecule has 1 aliphatic rings. The van der Waals surface area contributed by atoms with Crippen molar-refractivity contribution in [1.29, 1.82) is 0 Å². The van der Waals surface area contributed by atoms with Gasteiger partial charge in [0, 0.05) is 20.2 Å². The van der Waals surface area contributed by atoms with Gasteiger partial charge in [-0.3, -0.25) is 19.8 Å². The first-order chi connectivity index (χ1) is 17.3. The summed E-state index contributed by atoms with van der Waals surface area (Å²) >= 11 is 0. The number of nitrogens with two attached hydrogens (primary N) is 1. The van der Waals surface area contributed by atoms with Crippen LogP contribution in [0.5, 0.6) is 6.01 Å². The van der Waals surface area contributed by atoms with Crippen LogP contribution in [-0.4, -0.2) is 71.8 Å². The highest BCUT2D eigenvalue weighted by Crippen LogP contribution is 2.34. The molecule has 12 heteroatoms. The van der Waals surface area contributed by atoms with Gasteiger partial charge in [-0.05, 0) is 50.9 Å². The molecule has 36 heavy (non-hydrogen) atoms. The van der Waals surface area contributed by atoms with Crippen molar-refractivity contribution in [2.75, 3.05) is 50.6 Å². The van der Waals surface area contributed by atoms with Gasteiger partial charge in [-0.2, -0.15) is 9.97 Å². The van der Waals surface area contributed by atoms with Crippen molar-refractivity contribution in [3.8, 4) is 6.01 Å². The van der Waals surface area contributed by atoms with E-state index < -0.39 is 22.7 Å². The second kappa shape index (κ2) is 13.0. The van der Waals surface area contributed by atoms with Crippen molar-refractivity contribution in [2.24, 2.45) is 0 Å². The molecule has 1 aromatic carbocycles. The largest absolute Gasteiger partial charge is 0.465 e. The topological polar surface area (TPSA) is 146 Å². The fourth-order valence-corrected chi connectivity index (χ4v) is 4.15. The average Bonchev–Trinajstić information content (AvgIpc) is 3.31. The van der Waals surface area contributed by atoms with Gasteiger partial charge in [0.1, 0.15) is 12.6 Å². The SMILES string of the molecule is CCOC(=O)CN(Cc1cccc(CN2CCCC2)c1)c1nc(O[C@@H](C)COC)nc(N)c1[N+](=O)[O-]. The maximum absolute atomic E-state index is 12.5. The van der Waals surface area contributed by atoms with E-state index in [1.807, 2.05) is 24.3 Å². The van der Waals surface area contributed by atoms with Crippen molar-refractivity contribution < 1.29 is 23.9 Å². The Morgan fingerprint density at radius 2 is 2.00 bits per heavy atom. The van der Waals surface area contributed by atoms with E-state index in [1.54, 1.807) is 13.8 Å². The lowest BCUT2D eigenvalue weighted by atomic mass is 10.1. The number of methoxy groups -OCH3 is 1. The predicted octanol–water partition coefficient (Wildman–Crippen LogP) is 2.55. The maximum atomic E-state index is 12.5. The van der Waals surface area contributed by atoms with Gasteiger partial charge in [-0.15, -0.1) is 0 Å². The van der Waals surface area contributed by atoms with Crippen LogP contribution in [0.4, 0.5) is 17.3 Å². The second-order valence-corrected chi connectivity index (χ2v) is 8.67. The van der Waals surface area contributed by atoms with Crippen LogP contribution in [0.25, 0.3) is 0 Å². The molecule has 0 amide bonds. The zero-order valence-electron chi connectivity index (χ0n) is 21.0. The number of aromatic nitrogens is 2. The van der Waals surface area contributed by atoms with E-state index in [-0.39, 0.29) is 43.9 Å². The van der Waals surface area contributed by atoms with Crippen LogP contribution in [0.1, 0.15) is 37.8 Å². The number of rotatable bonds is 13. The van der Waals surface area contributed by atoms with Crippen LogP contribution >= 0.6 is 0 Å². The number of esters is 1. The third-order valence-electron chi connectivity index (χ3n) is 5.66. The molecule has 3 rings (SSSR count). The summed E-state index contributed by atoms with van der Waals surface area (Å²) in [6, 6.07) is 7.78. The summed E-state index contributed by atoms with van der Waals surface area (Å²) in [5.41, 5.74) is 7.44. The van der Waals surface area contributed by atoms with Gasteiger partial charge in [0.15, 0.2) is 0 Å². The zero-order chi connectivity index (χ0) is 26.1. The summed E-state index contributed by atoms with van der Waals surface area (Å²) in [6.45, 7) is 6.71. The Morgan fingerprint density at radius 3 is 2.67 bits per heavy atom. The fraction of sp³-hybridized carbons (Fsp3) is 0.542. The van der Waals surface area contributed by atoms with Crippen LogP contribution < -0.4 is 15.4 Å². The zero-order valence-corrected chi connectivity index (χ0v) is 21.0. The Bertz CT molecular complexity index is 1050. The first-order valence-corrected chi connectivity index (χ1v) is 12.0. The monoisotopic (exact) mass is 502 g/mol. The number of nitrogen functional groups attached to an aromatic ring is 1. The third kappa shape index (κ3) is 7.49. The molecule has 0 aliphatic carbocycles. The summed E-state index contributed by atoms with van der Waals surface area (Å²) < 4.78 is 15.8. The van der Waals surface area contributed by atoms with Crippen molar-refractivity contribution in [3.05, 3.63) is 45.5 Å². The van der Waals surface area contributed by atoms with E-state index in [2.05, 4.69) is 14.9 Å². The number of carbonyl (C=O) groups is 1. The number of hydrogen-bond acceptors (Lipinski definition) is 11. The molecule has 0 bridgehead atoms. The molecule has 0 spiro atoms. The number of nitro groups is 1. The first kappa shape index (κ1) is 27.1. The number of likely N-dealkylation sites (tertiary alicyclic amines) is 1. The van der Waals surface area contributed by atoms with Gasteiger partial charge in [0.05, 0.1) is 18.1 Å². The van der Waals surface area contributed by atoms with Crippen molar-refractivity contribution >= 4 is 23.3 Å². The second-order valence-electron chi connectivity index (χ2n) is 8.67. The van der Waals surface area contributed by atoms with Crippen molar-refractivity contribution in [2.45, 2.75) is 45.9 Å². The van der Waals surface area contributed by atoms with Gasteiger partial charge in [-0.1, -0.05) is 24.3 Å². The Kier molecular flexibility index (Phi) is 9.77. The summed E-state index contributed by atoms with van der Waals surface area (Å²) in [6.07, 6.45) is 1.96. The normalized spacial score (nSPS) is 14.4. The van der Waals surface area contributed by atoms with Gasteiger partial charge >= 0.3 is 17.7 Å². The van der Waals surface area contributed by atoms with Crippen LogP contribution in [0.3, 0.4) is 0 Å². The van der Waals surface area contributed by atoms with Gasteiger partial charge in [-0.25, -0.2) is 0 Å². The summed E-state index contributed by atoms with van der Waals surface area (Å²) in [5.74, 6) is -1.03. The lowest BCUT2D eigenvalue weighted by Gasteiger charge is -2.24. The predicted molar refractivity (Wildman–Crippen MR) is 134 cm³/mol. The molecule has 2 N–H and O–H groups in total. The lowest BCUT2D eigenvalue weighted by Crippen LogP contribution is -2.32. The van der Waals surface area contributed by atoms with Gasteiger partial charge in [0.25, 0.3) is 0 Å². The fourth-order valence-electron chi connectivity index (χ4n) is 4.15. The highest BCUT2D eigenvalue weighted by atomic mass is 16.6. The Balaban J connectivity index is 1.96. The summed E-state index contributed by atoms with van der Waals surface area (Å²) in [5, 5.41) is 11.9. The Labute approximate surface area is 210 Å². The lowest BCUT2D eigenvalue weighted by molar-refractivity contribution is -0.383. The van der Waals surface area contributed by atoms with Crippen LogP contribution in [0.15, 0.2) is 24.3 Å². The molecule has 2 heterocycles. The highest BCUT2D eigenvalue weighted by Gasteiger charge is 2.30. The van der Waals surface area contributed by atoms with E-state index in [9.17, 15) is 14.9 Å². The number of carbonyl (C=O) groups excluding carboxylic acids is 1. The third-order valence-corrected chi connectivity index (χ3v) is 5.66. The number of nitrogens with zero attached hydrogens (tertiary/aromatic N) is 5. The average molecular weight is 503 g/mol. The number of hydrogen-bond donors (Lipinski definition) is 1. The maximum Gasteiger partial charge on any atom is 0.353 e. The number of ether oxygens (including phenoxy) is 3. The Morgan fingerprint density at radius 1 is 1.28 bits per heavy atom. The molecule has 1 fully saturated rings. The molecule has 12 nitrogen and oxygen atoms in total. The number of benzene rings is 1. The standard InChI is InChI=1S/C24H34N6O6/c1-4-35-20(31)15-29(14-19-9-7-8-18(12-19)13-28-10-5-6-11-28)23-21(30(32)33)22(25)26-24(27-23)36-17(2)16-34-3/h7-9,12,17H,4-6,10-11,13-16H2,1-3H3,(H2,25,26,27)/t17-/m0/s1. The van der Waals surface area contributed by atoms with Crippen LogP contribution in [-0.2, 0) is 27.4 Å². The first-order valence-electron chi connectivity index (χ1n) is 12.0. The van der Waals surface area contributed by atoms with Gasteiger partial charge in [0.2, 0.25) is 11.6 Å². The molecule has 0 saturated carbocycles. The molecule has 1 aliphatic heterocycles. The van der Waals surface area contributed by atoms with E-state index in [4.69, 9.17) is 19.9 Å². The molecule has 196 valence electrons. The van der Waals surface area contributed by atoms with Crippen molar-refractivity contribution in [3.63, 3.8) is 0 Å². The number of anilines is 2. The molecular weight excluding hydrogens is 468 g/mol.